The third kappa shape index (κ3) is 2.31. The maximum absolute atomic E-state index is 4.89. The predicted octanol–water partition coefficient (Wildman–Crippen LogP) is 4.42. The molecular formula is C18H16IN3. The van der Waals surface area contributed by atoms with E-state index >= 15 is 0 Å². The van der Waals surface area contributed by atoms with E-state index < -0.39 is 0 Å². The van der Waals surface area contributed by atoms with Crippen molar-refractivity contribution < 1.29 is 0 Å². The standard InChI is InChI=1S/C18H16IN3/c1-12-3-2-4-13(11-12)17-16-9-10-20-18(16)22(21-17)15-7-5-14(19)6-8-15/h2-8,11,20H,9-10H2,1H3. The molecule has 3 aromatic rings. The van der Waals surface area contributed by atoms with Gasteiger partial charge in [-0.05, 0) is 66.3 Å². The Balaban J connectivity index is 1.88. The Morgan fingerprint density at radius 2 is 1.95 bits per heavy atom. The third-order valence-corrected chi connectivity index (χ3v) is 4.73. The smallest absolute Gasteiger partial charge is 0.133 e. The van der Waals surface area contributed by atoms with Gasteiger partial charge in [-0.2, -0.15) is 5.10 Å². The third-order valence-electron chi connectivity index (χ3n) is 4.01. The monoisotopic (exact) mass is 401 g/mol. The number of hydrogen-bond acceptors (Lipinski definition) is 2. The summed E-state index contributed by atoms with van der Waals surface area (Å²) in [5.74, 6) is 1.14. The molecule has 4 rings (SSSR count). The average molecular weight is 401 g/mol. The fraction of sp³-hybridized carbons (Fsp3) is 0.167. The summed E-state index contributed by atoms with van der Waals surface area (Å²) in [7, 11) is 0. The molecule has 1 N–H and O–H groups in total. The number of benzene rings is 2. The molecule has 0 saturated carbocycles. The molecule has 110 valence electrons. The van der Waals surface area contributed by atoms with Gasteiger partial charge >= 0.3 is 0 Å². The number of rotatable bonds is 2. The summed E-state index contributed by atoms with van der Waals surface area (Å²) >= 11 is 2.33. The van der Waals surface area contributed by atoms with Gasteiger partial charge in [-0.25, -0.2) is 4.68 Å². The van der Waals surface area contributed by atoms with Crippen molar-refractivity contribution in [3.05, 3.63) is 63.2 Å². The molecule has 3 nitrogen and oxygen atoms in total. The molecule has 0 saturated heterocycles. The zero-order chi connectivity index (χ0) is 15.1. The van der Waals surface area contributed by atoms with Crippen LogP contribution in [-0.4, -0.2) is 16.3 Å². The molecule has 0 fully saturated rings. The van der Waals surface area contributed by atoms with E-state index in [0.29, 0.717) is 0 Å². The van der Waals surface area contributed by atoms with Crippen LogP contribution in [0, 0.1) is 10.5 Å². The number of hydrogen-bond donors (Lipinski definition) is 1. The van der Waals surface area contributed by atoms with Crippen molar-refractivity contribution in [2.24, 2.45) is 0 Å². The Kier molecular flexibility index (Phi) is 3.41. The Labute approximate surface area is 143 Å². The van der Waals surface area contributed by atoms with E-state index in [0.717, 1.165) is 30.2 Å². The second-order valence-corrected chi connectivity index (χ2v) is 6.86. The van der Waals surface area contributed by atoms with Gasteiger partial charge < -0.3 is 5.32 Å². The van der Waals surface area contributed by atoms with Gasteiger partial charge in [0, 0.05) is 21.2 Å². The molecule has 2 aromatic carbocycles. The van der Waals surface area contributed by atoms with Crippen LogP contribution in [0.3, 0.4) is 0 Å². The largest absolute Gasteiger partial charge is 0.369 e. The van der Waals surface area contributed by atoms with Crippen LogP contribution in [0.25, 0.3) is 16.9 Å². The number of fused-ring (bicyclic) bond motifs is 1. The van der Waals surface area contributed by atoms with Gasteiger partial charge in [0.1, 0.15) is 5.82 Å². The number of halogens is 1. The van der Waals surface area contributed by atoms with Gasteiger partial charge in [-0.1, -0.05) is 23.8 Å². The van der Waals surface area contributed by atoms with Crippen LogP contribution in [0.5, 0.6) is 0 Å². The van der Waals surface area contributed by atoms with Crippen molar-refractivity contribution in [2.45, 2.75) is 13.3 Å². The van der Waals surface area contributed by atoms with E-state index in [1.54, 1.807) is 0 Å². The molecule has 0 unspecified atom stereocenters. The van der Waals surface area contributed by atoms with E-state index in [4.69, 9.17) is 5.10 Å². The Morgan fingerprint density at radius 3 is 2.73 bits per heavy atom. The highest BCUT2D eigenvalue weighted by Crippen LogP contribution is 2.34. The minimum Gasteiger partial charge on any atom is -0.369 e. The van der Waals surface area contributed by atoms with E-state index in [1.807, 2.05) is 4.68 Å². The van der Waals surface area contributed by atoms with E-state index in [-0.39, 0.29) is 0 Å². The lowest BCUT2D eigenvalue weighted by Crippen LogP contribution is -2.04. The summed E-state index contributed by atoms with van der Waals surface area (Å²) < 4.78 is 3.27. The molecule has 1 aromatic heterocycles. The van der Waals surface area contributed by atoms with Gasteiger partial charge in [0.05, 0.1) is 11.4 Å². The first kappa shape index (κ1) is 13.8. The fourth-order valence-electron chi connectivity index (χ4n) is 2.97. The number of aryl methyl sites for hydroxylation is 1. The highest BCUT2D eigenvalue weighted by Gasteiger charge is 2.23. The zero-order valence-corrected chi connectivity index (χ0v) is 14.5. The second-order valence-electron chi connectivity index (χ2n) is 5.61. The summed E-state index contributed by atoms with van der Waals surface area (Å²) in [6.45, 7) is 3.11. The zero-order valence-electron chi connectivity index (χ0n) is 12.3. The Morgan fingerprint density at radius 1 is 1.14 bits per heavy atom. The van der Waals surface area contributed by atoms with Gasteiger partial charge in [-0.15, -0.1) is 0 Å². The Bertz CT molecular complexity index is 834. The summed E-state index contributed by atoms with van der Waals surface area (Å²) in [4.78, 5) is 0. The lowest BCUT2D eigenvalue weighted by Gasteiger charge is -2.06. The molecule has 4 heteroatoms. The fourth-order valence-corrected chi connectivity index (χ4v) is 3.33. The first-order valence-corrected chi connectivity index (χ1v) is 8.49. The van der Waals surface area contributed by atoms with Gasteiger partial charge in [0.15, 0.2) is 0 Å². The van der Waals surface area contributed by atoms with Crippen molar-refractivity contribution in [3.8, 4) is 16.9 Å². The van der Waals surface area contributed by atoms with Gasteiger partial charge in [0.2, 0.25) is 0 Å². The van der Waals surface area contributed by atoms with Crippen LogP contribution >= 0.6 is 22.6 Å². The highest BCUT2D eigenvalue weighted by molar-refractivity contribution is 14.1. The molecule has 0 spiro atoms. The maximum Gasteiger partial charge on any atom is 0.133 e. The molecule has 1 aliphatic rings. The molecule has 1 aliphatic heterocycles. The SMILES string of the molecule is Cc1cccc(-c2nn(-c3ccc(I)cc3)c3c2CCN3)c1. The quantitative estimate of drug-likeness (QED) is 0.645. The van der Waals surface area contributed by atoms with Crippen LogP contribution in [-0.2, 0) is 6.42 Å². The molecule has 0 aliphatic carbocycles. The lowest BCUT2D eigenvalue weighted by molar-refractivity contribution is 0.882. The molecule has 0 atom stereocenters. The molecule has 0 bridgehead atoms. The van der Waals surface area contributed by atoms with Crippen molar-refractivity contribution in [1.82, 2.24) is 9.78 Å². The topological polar surface area (TPSA) is 29.9 Å². The van der Waals surface area contributed by atoms with E-state index in [2.05, 4.69) is 83.4 Å². The Hall–Kier alpha value is -1.82. The van der Waals surface area contributed by atoms with Crippen LogP contribution in [0.1, 0.15) is 11.1 Å². The number of nitrogens with one attached hydrogen (secondary N) is 1. The van der Waals surface area contributed by atoms with Crippen molar-refractivity contribution >= 4 is 28.4 Å². The van der Waals surface area contributed by atoms with Crippen LogP contribution in [0.15, 0.2) is 48.5 Å². The van der Waals surface area contributed by atoms with E-state index in [9.17, 15) is 0 Å². The molecular weight excluding hydrogens is 385 g/mol. The van der Waals surface area contributed by atoms with Crippen LogP contribution in [0.4, 0.5) is 5.82 Å². The maximum atomic E-state index is 4.89. The number of anilines is 1. The summed E-state index contributed by atoms with van der Waals surface area (Å²) in [5, 5.41) is 8.38. The first-order chi connectivity index (χ1) is 10.7. The summed E-state index contributed by atoms with van der Waals surface area (Å²) in [6, 6.07) is 17.0. The predicted molar refractivity (Wildman–Crippen MR) is 98.6 cm³/mol. The van der Waals surface area contributed by atoms with Gasteiger partial charge in [0.25, 0.3) is 0 Å². The minimum atomic E-state index is 0.983. The summed E-state index contributed by atoms with van der Waals surface area (Å²) in [6.07, 6.45) is 1.03. The van der Waals surface area contributed by atoms with Crippen molar-refractivity contribution in [1.29, 1.82) is 0 Å². The molecule has 2 heterocycles. The molecule has 0 radical (unpaired) electrons. The number of nitrogens with zero attached hydrogens (tertiary/aromatic N) is 2. The normalized spacial score (nSPS) is 13.0. The average Bonchev–Trinajstić information content (AvgIpc) is 3.10. The van der Waals surface area contributed by atoms with Crippen LogP contribution in [0.2, 0.25) is 0 Å². The van der Waals surface area contributed by atoms with E-state index in [1.165, 1.54) is 20.3 Å². The first-order valence-electron chi connectivity index (χ1n) is 7.41. The van der Waals surface area contributed by atoms with Crippen LogP contribution < -0.4 is 5.32 Å². The van der Waals surface area contributed by atoms with Crippen molar-refractivity contribution in [2.75, 3.05) is 11.9 Å². The summed E-state index contributed by atoms with van der Waals surface area (Å²) in [5.41, 5.74) is 5.99. The van der Waals surface area contributed by atoms with Crippen molar-refractivity contribution in [3.63, 3.8) is 0 Å². The number of aromatic nitrogens is 2. The highest BCUT2D eigenvalue weighted by atomic mass is 127. The minimum absolute atomic E-state index is 0.983. The lowest BCUT2D eigenvalue weighted by atomic mass is 10.0. The molecule has 0 amide bonds. The molecule has 22 heavy (non-hydrogen) atoms. The second kappa shape index (κ2) is 5.43. The van der Waals surface area contributed by atoms with Gasteiger partial charge in [-0.3, -0.25) is 0 Å².